The van der Waals surface area contributed by atoms with Crippen LogP contribution in [-0.2, 0) is 10.0 Å². The smallest absolute Gasteiger partial charge is 0.248 e. The van der Waals surface area contributed by atoms with Crippen LogP contribution in [0.25, 0.3) is 0 Å². The number of aromatic nitrogens is 1. The van der Waals surface area contributed by atoms with Gasteiger partial charge in [0.05, 0.1) is 0 Å². The van der Waals surface area contributed by atoms with Crippen molar-refractivity contribution >= 4 is 10.0 Å². The lowest BCUT2D eigenvalue weighted by Crippen LogP contribution is -2.34. The molecule has 0 aliphatic rings. The summed E-state index contributed by atoms with van der Waals surface area (Å²) in [4.78, 5) is 0.184. The fraction of sp³-hybridized carbons (Fsp3) is 0.727. The summed E-state index contributed by atoms with van der Waals surface area (Å²) < 4.78 is 30.9. The molecular formula is C11H20N2O3S. The Kier molecular flexibility index (Phi) is 3.69. The van der Waals surface area contributed by atoms with Crippen molar-refractivity contribution < 1.29 is 12.9 Å². The first-order valence-electron chi connectivity index (χ1n) is 5.45. The van der Waals surface area contributed by atoms with E-state index in [9.17, 15) is 8.42 Å². The van der Waals surface area contributed by atoms with Gasteiger partial charge in [-0.25, -0.2) is 12.7 Å². The molecule has 0 bridgehead atoms. The minimum Gasteiger partial charge on any atom is -0.360 e. The van der Waals surface area contributed by atoms with Crippen LogP contribution in [0.2, 0.25) is 0 Å². The highest BCUT2D eigenvalue weighted by atomic mass is 32.2. The SMILES string of the molecule is Cc1noc(C)c1S(=O)(=O)N(C)CC(C)(C)C. The van der Waals surface area contributed by atoms with Gasteiger partial charge in [-0.05, 0) is 19.3 Å². The van der Waals surface area contributed by atoms with Crippen molar-refractivity contribution in [1.29, 1.82) is 0 Å². The van der Waals surface area contributed by atoms with Gasteiger partial charge in [-0.3, -0.25) is 0 Å². The summed E-state index contributed by atoms with van der Waals surface area (Å²) in [6, 6.07) is 0. The van der Waals surface area contributed by atoms with E-state index < -0.39 is 10.0 Å². The van der Waals surface area contributed by atoms with Gasteiger partial charge in [-0.15, -0.1) is 0 Å². The van der Waals surface area contributed by atoms with Gasteiger partial charge < -0.3 is 4.52 Å². The zero-order valence-electron chi connectivity index (χ0n) is 11.2. The molecule has 1 aromatic heterocycles. The average molecular weight is 260 g/mol. The van der Waals surface area contributed by atoms with Gasteiger partial charge in [0, 0.05) is 13.6 Å². The van der Waals surface area contributed by atoms with Crippen LogP contribution in [0.3, 0.4) is 0 Å². The van der Waals surface area contributed by atoms with Crippen molar-refractivity contribution in [2.24, 2.45) is 5.41 Å². The molecule has 0 aliphatic carbocycles. The monoisotopic (exact) mass is 260 g/mol. The lowest BCUT2D eigenvalue weighted by molar-refractivity contribution is 0.310. The molecule has 17 heavy (non-hydrogen) atoms. The molecule has 0 fully saturated rings. The van der Waals surface area contributed by atoms with Crippen LogP contribution in [0.15, 0.2) is 9.42 Å². The number of hydrogen-bond donors (Lipinski definition) is 0. The summed E-state index contributed by atoms with van der Waals surface area (Å²) in [6.07, 6.45) is 0. The van der Waals surface area contributed by atoms with Gasteiger partial charge in [0.2, 0.25) is 10.0 Å². The van der Waals surface area contributed by atoms with Crippen LogP contribution >= 0.6 is 0 Å². The molecule has 98 valence electrons. The summed E-state index contributed by atoms with van der Waals surface area (Å²) in [7, 11) is -1.94. The molecule has 5 nitrogen and oxygen atoms in total. The Morgan fingerprint density at radius 2 is 1.82 bits per heavy atom. The van der Waals surface area contributed by atoms with Gasteiger partial charge in [-0.2, -0.15) is 0 Å². The predicted molar refractivity (Wildman–Crippen MR) is 65.2 cm³/mol. The molecule has 1 rings (SSSR count). The van der Waals surface area contributed by atoms with Gasteiger partial charge in [0.25, 0.3) is 0 Å². The first-order valence-corrected chi connectivity index (χ1v) is 6.89. The van der Waals surface area contributed by atoms with Gasteiger partial charge in [0.1, 0.15) is 10.6 Å². The van der Waals surface area contributed by atoms with Crippen molar-refractivity contribution in [1.82, 2.24) is 9.46 Å². The highest BCUT2D eigenvalue weighted by molar-refractivity contribution is 7.89. The van der Waals surface area contributed by atoms with Gasteiger partial charge >= 0.3 is 0 Å². The molecule has 1 heterocycles. The first-order chi connectivity index (χ1) is 7.55. The third-order valence-electron chi connectivity index (χ3n) is 2.33. The van der Waals surface area contributed by atoms with Crippen molar-refractivity contribution in [3.63, 3.8) is 0 Å². The first kappa shape index (κ1) is 14.2. The van der Waals surface area contributed by atoms with Gasteiger partial charge in [0.15, 0.2) is 5.76 Å². The zero-order valence-corrected chi connectivity index (χ0v) is 12.1. The van der Waals surface area contributed by atoms with E-state index in [2.05, 4.69) is 5.16 Å². The largest absolute Gasteiger partial charge is 0.360 e. The van der Waals surface area contributed by atoms with E-state index in [-0.39, 0.29) is 10.3 Å². The number of hydrogen-bond acceptors (Lipinski definition) is 4. The van der Waals surface area contributed by atoms with E-state index in [1.807, 2.05) is 20.8 Å². The van der Waals surface area contributed by atoms with Crippen LogP contribution in [0.4, 0.5) is 0 Å². The fourth-order valence-corrected chi connectivity index (χ4v) is 3.43. The Morgan fingerprint density at radius 3 is 2.18 bits per heavy atom. The maximum Gasteiger partial charge on any atom is 0.248 e. The molecule has 6 heteroatoms. The molecule has 0 atom stereocenters. The average Bonchev–Trinajstić information content (AvgIpc) is 2.43. The molecule has 0 aliphatic heterocycles. The fourth-order valence-electron chi connectivity index (χ4n) is 1.75. The Morgan fingerprint density at radius 1 is 1.29 bits per heavy atom. The number of sulfonamides is 1. The normalized spacial score (nSPS) is 13.4. The molecule has 0 amide bonds. The van der Waals surface area contributed by atoms with E-state index in [4.69, 9.17) is 4.52 Å². The minimum absolute atomic E-state index is 0.0964. The second kappa shape index (κ2) is 4.42. The van der Waals surface area contributed by atoms with Crippen LogP contribution in [-0.4, -0.2) is 31.5 Å². The molecule has 0 saturated heterocycles. The molecule has 0 unspecified atom stereocenters. The van der Waals surface area contributed by atoms with E-state index in [1.54, 1.807) is 20.9 Å². The number of aryl methyl sites for hydroxylation is 2. The van der Waals surface area contributed by atoms with E-state index in [0.29, 0.717) is 18.0 Å². The Balaban J connectivity index is 3.13. The third-order valence-corrected chi connectivity index (χ3v) is 4.38. The summed E-state index contributed by atoms with van der Waals surface area (Å²) >= 11 is 0. The van der Waals surface area contributed by atoms with Crippen LogP contribution in [0.1, 0.15) is 32.2 Å². The second-order valence-corrected chi connectivity index (χ2v) is 7.46. The van der Waals surface area contributed by atoms with Crippen LogP contribution in [0, 0.1) is 19.3 Å². The minimum atomic E-state index is -3.51. The van der Waals surface area contributed by atoms with E-state index >= 15 is 0 Å². The summed E-state index contributed by atoms with van der Waals surface area (Å²) in [5.74, 6) is 0.336. The zero-order chi connectivity index (χ0) is 13.4. The molecule has 0 radical (unpaired) electrons. The Hall–Kier alpha value is -0.880. The summed E-state index contributed by atoms with van der Waals surface area (Å²) in [6.45, 7) is 9.66. The number of nitrogens with zero attached hydrogens (tertiary/aromatic N) is 2. The molecular weight excluding hydrogens is 240 g/mol. The van der Waals surface area contributed by atoms with Crippen LogP contribution in [0.5, 0.6) is 0 Å². The maximum atomic E-state index is 12.3. The number of rotatable bonds is 3. The highest BCUT2D eigenvalue weighted by Crippen LogP contribution is 2.25. The molecule has 0 aromatic carbocycles. The standard InChI is InChI=1S/C11H20N2O3S/c1-8-10(9(2)16-12-8)17(14,15)13(6)7-11(3,4)5/h7H2,1-6H3. The van der Waals surface area contributed by atoms with Gasteiger partial charge in [-0.1, -0.05) is 25.9 Å². The van der Waals surface area contributed by atoms with E-state index in [1.165, 1.54) is 4.31 Å². The van der Waals surface area contributed by atoms with E-state index in [0.717, 1.165) is 0 Å². The molecule has 1 aromatic rings. The van der Waals surface area contributed by atoms with Crippen molar-refractivity contribution in [2.75, 3.05) is 13.6 Å². The predicted octanol–water partition coefficient (Wildman–Crippen LogP) is 1.96. The summed E-state index contributed by atoms with van der Waals surface area (Å²) in [5.41, 5.74) is 0.309. The molecule has 0 saturated carbocycles. The van der Waals surface area contributed by atoms with Crippen LogP contribution < -0.4 is 0 Å². The molecule has 0 spiro atoms. The Labute approximate surface area is 103 Å². The topological polar surface area (TPSA) is 63.4 Å². The summed E-state index contributed by atoms with van der Waals surface area (Å²) in [5, 5.41) is 3.68. The van der Waals surface area contributed by atoms with Crippen molar-refractivity contribution in [3.8, 4) is 0 Å². The lowest BCUT2D eigenvalue weighted by atomic mass is 9.97. The van der Waals surface area contributed by atoms with Crippen molar-refractivity contribution in [3.05, 3.63) is 11.5 Å². The molecule has 0 N–H and O–H groups in total. The highest BCUT2D eigenvalue weighted by Gasteiger charge is 2.30. The third kappa shape index (κ3) is 3.07. The lowest BCUT2D eigenvalue weighted by Gasteiger charge is -2.25. The van der Waals surface area contributed by atoms with Crippen molar-refractivity contribution in [2.45, 2.75) is 39.5 Å². The maximum absolute atomic E-state index is 12.3. The Bertz CT molecular complexity index is 478. The quantitative estimate of drug-likeness (QED) is 0.833. The second-order valence-electron chi connectivity index (χ2n) is 5.48.